The fourth-order valence-electron chi connectivity index (χ4n) is 2.46. The number of rotatable bonds is 0. The minimum absolute atomic E-state index is 0.0125. The summed E-state index contributed by atoms with van der Waals surface area (Å²) in [6, 6.07) is 0. The standard InChI is InChI=1S/C9H12F2O/c10-9(11)2-1-6-3-8(12)4-7(6)5-9/h6-7H,1-5H2/t6?,7-/m1/s1. The molecule has 1 unspecified atom stereocenters. The molecule has 0 aliphatic heterocycles. The molecule has 0 heterocycles. The van der Waals surface area contributed by atoms with Crippen LogP contribution in [-0.2, 0) is 4.79 Å². The molecule has 0 spiro atoms. The maximum absolute atomic E-state index is 12.9. The van der Waals surface area contributed by atoms with Crippen LogP contribution >= 0.6 is 0 Å². The molecule has 2 atom stereocenters. The van der Waals surface area contributed by atoms with Crippen molar-refractivity contribution in [3.05, 3.63) is 0 Å². The van der Waals surface area contributed by atoms with Crippen molar-refractivity contribution in [3.63, 3.8) is 0 Å². The van der Waals surface area contributed by atoms with Crippen LogP contribution in [-0.4, -0.2) is 11.7 Å². The maximum atomic E-state index is 12.9. The van der Waals surface area contributed by atoms with Gasteiger partial charge in [-0.15, -0.1) is 0 Å². The van der Waals surface area contributed by atoms with Crippen molar-refractivity contribution in [1.82, 2.24) is 0 Å². The predicted octanol–water partition coefficient (Wildman–Crippen LogP) is 2.40. The first kappa shape index (κ1) is 8.14. The maximum Gasteiger partial charge on any atom is 0.248 e. The van der Waals surface area contributed by atoms with E-state index in [0.717, 1.165) is 0 Å². The molecule has 0 saturated heterocycles. The Morgan fingerprint density at radius 2 is 1.92 bits per heavy atom. The highest BCUT2D eigenvalue weighted by atomic mass is 19.3. The fraction of sp³-hybridized carbons (Fsp3) is 0.889. The van der Waals surface area contributed by atoms with Crippen LogP contribution in [0.1, 0.15) is 32.1 Å². The number of carbonyl (C=O) groups is 1. The first-order valence-corrected chi connectivity index (χ1v) is 4.46. The zero-order valence-electron chi connectivity index (χ0n) is 6.85. The van der Waals surface area contributed by atoms with Crippen LogP contribution in [0.4, 0.5) is 8.78 Å². The summed E-state index contributed by atoms with van der Waals surface area (Å²) in [6.45, 7) is 0. The molecule has 0 aromatic carbocycles. The van der Waals surface area contributed by atoms with Gasteiger partial charge in [-0.1, -0.05) is 0 Å². The average Bonchev–Trinajstić information content (AvgIpc) is 2.26. The van der Waals surface area contributed by atoms with Gasteiger partial charge in [-0.05, 0) is 18.3 Å². The largest absolute Gasteiger partial charge is 0.300 e. The Morgan fingerprint density at radius 3 is 2.67 bits per heavy atom. The summed E-state index contributed by atoms with van der Waals surface area (Å²) < 4.78 is 25.7. The van der Waals surface area contributed by atoms with Gasteiger partial charge in [-0.25, -0.2) is 8.78 Å². The van der Waals surface area contributed by atoms with Gasteiger partial charge in [0.1, 0.15) is 5.78 Å². The number of fused-ring (bicyclic) bond motifs is 1. The minimum atomic E-state index is -2.49. The van der Waals surface area contributed by atoms with E-state index in [4.69, 9.17) is 0 Å². The molecule has 2 saturated carbocycles. The number of carbonyl (C=O) groups excluding carboxylic acids is 1. The minimum Gasteiger partial charge on any atom is -0.300 e. The third kappa shape index (κ3) is 1.37. The van der Waals surface area contributed by atoms with Crippen molar-refractivity contribution in [2.45, 2.75) is 38.0 Å². The highest BCUT2D eigenvalue weighted by Crippen LogP contribution is 2.46. The van der Waals surface area contributed by atoms with Crippen molar-refractivity contribution >= 4 is 5.78 Å². The summed E-state index contributed by atoms with van der Waals surface area (Å²) in [7, 11) is 0. The smallest absolute Gasteiger partial charge is 0.248 e. The summed E-state index contributed by atoms with van der Waals surface area (Å²) in [5, 5.41) is 0. The van der Waals surface area contributed by atoms with Crippen molar-refractivity contribution < 1.29 is 13.6 Å². The second-order valence-electron chi connectivity index (χ2n) is 4.07. The summed E-state index contributed by atoms with van der Waals surface area (Å²) >= 11 is 0. The highest BCUT2D eigenvalue weighted by molar-refractivity contribution is 5.81. The third-order valence-corrected chi connectivity index (χ3v) is 3.09. The molecule has 2 fully saturated rings. The van der Waals surface area contributed by atoms with E-state index in [-0.39, 0.29) is 30.5 Å². The molecule has 0 amide bonds. The number of Topliss-reactive ketones (excluding diaryl/α,β-unsaturated/α-hetero) is 1. The molecule has 2 aliphatic carbocycles. The van der Waals surface area contributed by atoms with Gasteiger partial charge in [0.05, 0.1) is 0 Å². The van der Waals surface area contributed by atoms with Crippen LogP contribution in [0.25, 0.3) is 0 Å². The van der Waals surface area contributed by atoms with E-state index in [0.29, 0.717) is 19.3 Å². The molecule has 0 N–H and O–H groups in total. The number of hydrogen-bond acceptors (Lipinski definition) is 1. The van der Waals surface area contributed by atoms with E-state index in [1.54, 1.807) is 0 Å². The Hall–Kier alpha value is -0.470. The van der Waals surface area contributed by atoms with Crippen LogP contribution in [0.2, 0.25) is 0 Å². The summed E-state index contributed by atoms with van der Waals surface area (Å²) in [5.41, 5.74) is 0. The molecular weight excluding hydrogens is 162 g/mol. The second-order valence-corrected chi connectivity index (χ2v) is 4.07. The third-order valence-electron chi connectivity index (χ3n) is 3.09. The van der Waals surface area contributed by atoms with Crippen molar-refractivity contribution in [2.75, 3.05) is 0 Å². The quantitative estimate of drug-likeness (QED) is 0.551. The lowest BCUT2D eigenvalue weighted by Crippen LogP contribution is -2.29. The molecule has 12 heavy (non-hydrogen) atoms. The van der Waals surface area contributed by atoms with Gasteiger partial charge >= 0.3 is 0 Å². The van der Waals surface area contributed by atoms with E-state index >= 15 is 0 Å². The molecule has 2 rings (SSSR count). The van der Waals surface area contributed by atoms with Crippen molar-refractivity contribution in [1.29, 1.82) is 0 Å². The summed E-state index contributed by atoms with van der Waals surface area (Å²) in [5.74, 6) is -2.05. The SMILES string of the molecule is O=C1CC2CCC(F)(F)C[C@H]2C1. The Kier molecular flexibility index (Phi) is 1.70. The topological polar surface area (TPSA) is 17.1 Å². The van der Waals surface area contributed by atoms with Crippen LogP contribution in [0.3, 0.4) is 0 Å². The first-order chi connectivity index (χ1) is 5.57. The van der Waals surface area contributed by atoms with Crippen LogP contribution in [0, 0.1) is 11.8 Å². The summed E-state index contributed by atoms with van der Waals surface area (Å²) in [4.78, 5) is 11.0. The molecule has 0 aromatic rings. The molecule has 0 bridgehead atoms. The van der Waals surface area contributed by atoms with Gasteiger partial charge in [0.2, 0.25) is 5.92 Å². The van der Waals surface area contributed by atoms with E-state index < -0.39 is 5.92 Å². The Labute approximate surface area is 70.1 Å². The Balaban J connectivity index is 2.06. The van der Waals surface area contributed by atoms with Gasteiger partial charge in [0, 0.05) is 25.7 Å². The Bertz CT molecular complexity index is 213. The van der Waals surface area contributed by atoms with Crippen molar-refractivity contribution in [3.8, 4) is 0 Å². The lowest BCUT2D eigenvalue weighted by Gasteiger charge is -2.30. The molecule has 0 aromatic heterocycles. The van der Waals surface area contributed by atoms with E-state index in [1.807, 2.05) is 0 Å². The van der Waals surface area contributed by atoms with Crippen LogP contribution in [0.15, 0.2) is 0 Å². The van der Waals surface area contributed by atoms with Gasteiger partial charge in [0.15, 0.2) is 0 Å². The lowest BCUT2D eigenvalue weighted by molar-refractivity contribution is -0.117. The number of hydrogen-bond donors (Lipinski definition) is 0. The lowest BCUT2D eigenvalue weighted by atomic mass is 9.80. The first-order valence-electron chi connectivity index (χ1n) is 4.46. The van der Waals surface area contributed by atoms with E-state index in [2.05, 4.69) is 0 Å². The normalized spacial score (nSPS) is 39.7. The van der Waals surface area contributed by atoms with E-state index in [1.165, 1.54) is 0 Å². The zero-order chi connectivity index (χ0) is 8.77. The predicted molar refractivity (Wildman–Crippen MR) is 40.0 cm³/mol. The number of halogens is 2. The van der Waals surface area contributed by atoms with Crippen LogP contribution in [0.5, 0.6) is 0 Å². The zero-order valence-corrected chi connectivity index (χ0v) is 6.85. The monoisotopic (exact) mass is 174 g/mol. The number of alkyl halides is 2. The molecule has 68 valence electrons. The fourth-order valence-corrected chi connectivity index (χ4v) is 2.46. The van der Waals surface area contributed by atoms with Gasteiger partial charge in [-0.3, -0.25) is 4.79 Å². The average molecular weight is 174 g/mol. The molecular formula is C9H12F2O. The van der Waals surface area contributed by atoms with E-state index in [9.17, 15) is 13.6 Å². The number of ketones is 1. The van der Waals surface area contributed by atoms with Gasteiger partial charge < -0.3 is 0 Å². The van der Waals surface area contributed by atoms with Gasteiger partial charge in [0.25, 0.3) is 0 Å². The Morgan fingerprint density at radius 1 is 1.25 bits per heavy atom. The molecule has 0 radical (unpaired) electrons. The molecule has 1 nitrogen and oxygen atoms in total. The second kappa shape index (κ2) is 2.51. The van der Waals surface area contributed by atoms with Crippen molar-refractivity contribution in [2.24, 2.45) is 11.8 Å². The molecule has 2 aliphatic rings. The van der Waals surface area contributed by atoms with Crippen LogP contribution < -0.4 is 0 Å². The highest BCUT2D eigenvalue weighted by Gasteiger charge is 2.45. The van der Waals surface area contributed by atoms with Gasteiger partial charge in [-0.2, -0.15) is 0 Å². The summed E-state index contributed by atoms with van der Waals surface area (Å²) in [6.07, 6.45) is 1.44. The molecule has 3 heteroatoms.